The number of thiophene rings is 1. The van der Waals surface area contributed by atoms with Crippen LogP contribution in [0.25, 0.3) is 10.1 Å². The Hall–Kier alpha value is -3.18. The van der Waals surface area contributed by atoms with Crippen LogP contribution in [0.3, 0.4) is 0 Å². The highest BCUT2D eigenvalue weighted by molar-refractivity contribution is 7.23. The summed E-state index contributed by atoms with van der Waals surface area (Å²) in [5.41, 5.74) is -0.420. The lowest BCUT2D eigenvalue weighted by Crippen LogP contribution is -2.50. The van der Waals surface area contributed by atoms with Gasteiger partial charge in [-0.1, -0.05) is 31.4 Å². The number of carbonyl (C=O) groups excluding carboxylic acids is 3. The van der Waals surface area contributed by atoms with Crippen LogP contribution in [0.1, 0.15) is 62.2 Å². The summed E-state index contributed by atoms with van der Waals surface area (Å²) in [6.45, 7) is 3.38. The van der Waals surface area contributed by atoms with Crippen molar-refractivity contribution in [2.24, 2.45) is 4.99 Å². The van der Waals surface area contributed by atoms with E-state index in [1.165, 1.54) is 30.6 Å². The lowest BCUT2D eigenvalue weighted by molar-refractivity contribution is -0.125. The molecule has 10 nitrogen and oxygen atoms in total. The van der Waals surface area contributed by atoms with Crippen molar-refractivity contribution in [3.8, 4) is 5.75 Å². The maximum absolute atomic E-state index is 13.8. The minimum atomic E-state index is -0.857. The number of amides is 4. The van der Waals surface area contributed by atoms with E-state index in [0.29, 0.717) is 61.2 Å². The van der Waals surface area contributed by atoms with E-state index in [9.17, 15) is 14.4 Å². The molecule has 2 aromatic rings. The van der Waals surface area contributed by atoms with Crippen LogP contribution >= 0.6 is 11.3 Å². The van der Waals surface area contributed by atoms with E-state index >= 15 is 0 Å². The number of likely N-dealkylation sites (tertiary alicyclic amines) is 1. The van der Waals surface area contributed by atoms with E-state index in [-0.39, 0.29) is 23.9 Å². The van der Waals surface area contributed by atoms with Gasteiger partial charge in [0.25, 0.3) is 11.8 Å². The van der Waals surface area contributed by atoms with Gasteiger partial charge in [0.05, 0.1) is 23.5 Å². The normalized spacial score (nSPS) is 19.4. The van der Waals surface area contributed by atoms with Crippen molar-refractivity contribution in [2.45, 2.75) is 63.5 Å². The van der Waals surface area contributed by atoms with E-state index in [2.05, 4.69) is 16.0 Å². The predicted molar refractivity (Wildman–Crippen MR) is 147 cm³/mol. The third kappa shape index (κ3) is 5.22. The molecule has 1 spiro atoms. The molecule has 1 aromatic heterocycles. The van der Waals surface area contributed by atoms with Crippen molar-refractivity contribution in [1.29, 1.82) is 0 Å². The lowest BCUT2D eigenvalue weighted by Gasteiger charge is -2.35. The molecule has 11 heteroatoms. The van der Waals surface area contributed by atoms with Crippen molar-refractivity contribution < 1.29 is 23.9 Å². The minimum Gasteiger partial charge on any atom is -0.495 e. The van der Waals surface area contributed by atoms with Gasteiger partial charge in [-0.3, -0.25) is 19.9 Å². The summed E-state index contributed by atoms with van der Waals surface area (Å²) in [6, 6.07) is 5.16. The third-order valence-electron chi connectivity index (χ3n) is 7.59. The molecule has 204 valence electrons. The van der Waals surface area contributed by atoms with E-state index in [1.807, 2.05) is 25.1 Å². The Morgan fingerprint density at radius 3 is 2.68 bits per heavy atom. The number of nitrogens with zero attached hydrogens (tertiary/aromatic N) is 2. The fraction of sp³-hybridized carbons (Fsp3) is 0.556. The van der Waals surface area contributed by atoms with E-state index in [0.717, 1.165) is 22.9 Å². The van der Waals surface area contributed by atoms with Crippen LogP contribution in [0.2, 0.25) is 0 Å². The second kappa shape index (κ2) is 11.3. The molecule has 38 heavy (non-hydrogen) atoms. The van der Waals surface area contributed by atoms with Crippen LogP contribution in [0, 0.1) is 0 Å². The highest BCUT2D eigenvalue weighted by atomic mass is 32.1. The predicted octanol–water partition coefficient (Wildman–Crippen LogP) is 3.90. The van der Waals surface area contributed by atoms with Gasteiger partial charge >= 0.3 is 6.03 Å². The maximum atomic E-state index is 13.8. The SMILES string of the molecule is CCNC(=O)Nc1sc2c(OC)cccc2c1C(=O)N1CCC2(CC1)N=C(COC1CCCCC1)NC2=O. The summed E-state index contributed by atoms with van der Waals surface area (Å²) >= 11 is 1.31. The van der Waals surface area contributed by atoms with Crippen LogP contribution in [0.4, 0.5) is 9.80 Å². The Kier molecular flexibility index (Phi) is 7.85. The number of hydrogen-bond acceptors (Lipinski definition) is 7. The Morgan fingerprint density at radius 2 is 1.97 bits per heavy atom. The first-order valence-electron chi connectivity index (χ1n) is 13.4. The second-order valence-electron chi connectivity index (χ2n) is 10.0. The Morgan fingerprint density at radius 1 is 1.21 bits per heavy atom. The van der Waals surface area contributed by atoms with Gasteiger partial charge in [-0.15, -0.1) is 11.3 Å². The van der Waals surface area contributed by atoms with Gasteiger partial charge in [-0.2, -0.15) is 0 Å². The van der Waals surface area contributed by atoms with Crippen molar-refractivity contribution in [3.05, 3.63) is 23.8 Å². The molecule has 0 unspecified atom stereocenters. The van der Waals surface area contributed by atoms with Gasteiger partial charge in [0.2, 0.25) is 0 Å². The fourth-order valence-electron chi connectivity index (χ4n) is 5.52. The number of ether oxygens (including phenoxy) is 2. The summed E-state index contributed by atoms with van der Waals surface area (Å²) in [6.07, 6.45) is 6.85. The van der Waals surface area contributed by atoms with Crippen molar-refractivity contribution >= 4 is 50.1 Å². The Labute approximate surface area is 226 Å². The number of piperidine rings is 1. The third-order valence-corrected chi connectivity index (χ3v) is 8.73. The minimum absolute atomic E-state index is 0.115. The van der Waals surface area contributed by atoms with Gasteiger partial charge in [0.1, 0.15) is 28.7 Å². The summed E-state index contributed by atoms with van der Waals surface area (Å²) in [4.78, 5) is 45.6. The summed E-state index contributed by atoms with van der Waals surface area (Å²) < 4.78 is 12.3. The first-order valence-corrected chi connectivity index (χ1v) is 14.2. The zero-order valence-corrected chi connectivity index (χ0v) is 22.7. The number of benzene rings is 1. The molecule has 1 aliphatic carbocycles. The molecule has 0 radical (unpaired) electrons. The van der Waals surface area contributed by atoms with E-state index in [4.69, 9.17) is 14.5 Å². The zero-order chi connectivity index (χ0) is 26.7. The molecule has 0 atom stereocenters. The lowest BCUT2D eigenvalue weighted by atomic mass is 9.87. The maximum Gasteiger partial charge on any atom is 0.319 e. The number of fused-ring (bicyclic) bond motifs is 1. The van der Waals surface area contributed by atoms with Gasteiger partial charge in [0.15, 0.2) is 0 Å². The number of aliphatic imine (C=N–C) groups is 1. The van der Waals surface area contributed by atoms with Gasteiger partial charge in [-0.25, -0.2) is 4.79 Å². The van der Waals surface area contributed by atoms with Crippen molar-refractivity contribution in [1.82, 2.24) is 15.5 Å². The number of nitrogens with one attached hydrogen (secondary N) is 3. The zero-order valence-electron chi connectivity index (χ0n) is 21.9. The number of rotatable bonds is 7. The second-order valence-corrected chi connectivity index (χ2v) is 11.1. The molecule has 2 fully saturated rings. The summed E-state index contributed by atoms with van der Waals surface area (Å²) in [7, 11) is 1.58. The molecular formula is C27H35N5O5S. The number of carbonyl (C=O) groups is 3. The van der Waals surface area contributed by atoms with Gasteiger partial charge in [-0.05, 0) is 38.7 Å². The molecule has 3 N–H and O–H groups in total. The molecule has 2 aliphatic heterocycles. The van der Waals surface area contributed by atoms with Crippen LogP contribution in [0.5, 0.6) is 5.75 Å². The highest BCUT2D eigenvalue weighted by Crippen LogP contribution is 2.42. The number of hydrogen-bond donors (Lipinski definition) is 3. The molecular weight excluding hydrogens is 506 g/mol. The first-order chi connectivity index (χ1) is 18.4. The van der Waals surface area contributed by atoms with Gasteiger partial charge < -0.3 is 25.0 Å². The van der Waals surface area contributed by atoms with E-state index in [1.54, 1.807) is 12.0 Å². The Bertz CT molecular complexity index is 1240. The molecule has 3 heterocycles. The fourth-order valence-corrected chi connectivity index (χ4v) is 6.70. The number of urea groups is 1. The van der Waals surface area contributed by atoms with Crippen LogP contribution in [-0.4, -0.2) is 73.6 Å². The molecule has 4 amide bonds. The van der Waals surface area contributed by atoms with Crippen molar-refractivity contribution in [2.75, 3.05) is 38.7 Å². The summed E-state index contributed by atoms with van der Waals surface area (Å²) in [5, 5.41) is 9.68. The Balaban J connectivity index is 1.31. The quantitative estimate of drug-likeness (QED) is 0.491. The van der Waals surface area contributed by atoms with Crippen molar-refractivity contribution in [3.63, 3.8) is 0 Å². The van der Waals surface area contributed by atoms with E-state index < -0.39 is 5.54 Å². The highest BCUT2D eigenvalue weighted by Gasteiger charge is 2.46. The monoisotopic (exact) mass is 541 g/mol. The molecule has 3 aliphatic rings. The van der Waals surface area contributed by atoms with Crippen LogP contribution in [0.15, 0.2) is 23.2 Å². The average Bonchev–Trinajstić information content (AvgIpc) is 3.44. The number of anilines is 1. The van der Waals surface area contributed by atoms with Crippen LogP contribution in [-0.2, 0) is 9.53 Å². The largest absolute Gasteiger partial charge is 0.495 e. The summed E-state index contributed by atoms with van der Waals surface area (Å²) in [5.74, 6) is 0.929. The van der Waals surface area contributed by atoms with Gasteiger partial charge in [0, 0.05) is 25.0 Å². The molecule has 1 aromatic carbocycles. The number of methoxy groups -OCH3 is 1. The molecule has 5 rings (SSSR count). The average molecular weight is 542 g/mol. The first kappa shape index (κ1) is 26.4. The standard InChI is InChI=1S/C27H35N5O5S/c1-3-28-26(35)30-23-21(18-10-7-11-19(36-2)22(18)38-23)24(33)32-14-12-27(13-15-32)25(34)29-20(31-27)16-37-17-8-5-4-6-9-17/h7,10-11,17H,3-6,8-9,12-16H2,1-2H3,(H2,28,30,35)(H,29,31,34). The molecule has 1 saturated heterocycles. The molecule has 0 bridgehead atoms. The molecule has 1 saturated carbocycles. The topological polar surface area (TPSA) is 121 Å². The number of amidine groups is 1. The smallest absolute Gasteiger partial charge is 0.319 e. The van der Waals surface area contributed by atoms with Crippen LogP contribution < -0.4 is 20.7 Å².